The van der Waals surface area contributed by atoms with E-state index in [-0.39, 0.29) is 12.0 Å². The number of amides is 1. The summed E-state index contributed by atoms with van der Waals surface area (Å²) >= 11 is 1.49. The smallest absolute Gasteiger partial charge is 0.230 e. The fourth-order valence-electron chi connectivity index (χ4n) is 2.67. The average molecular weight is 356 g/mol. The van der Waals surface area contributed by atoms with E-state index in [9.17, 15) is 4.79 Å². The standard InChI is InChI=1S/C17H29N3O3S/c1-4-22-9-6-8-18-16(21)12-24-17-19-13(2)14(3)20(17)11-15-7-5-10-23-15/h15H,4-12H2,1-3H3,(H,18,21). The predicted molar refractivity (Wildman–Crippen MR) is 95.5 cm³/mol. The van der Waals surface area contributed by atoms with E-state index < -0.39 is 0 Å². The van der Waals surface area contributed by atoms with E-state index in [2.05, 4.69) is 21.8 Å². The van der Waals surface area contributed by atoms with Crippen LogP contribution in [0.4, 0.5) is 0 Å². The molecule has 24 heavy (non-hydrogen) atoms. The van der Waals surface area contributed by atoms with Crippen molar-refractivity contribution in [3.63, 3.8) is 0 Å². The molecule has 1 aliphatic heterocycles. The number of hydrogen-bond acceptors (Lipinski definition) is 5. The van der Waals surface area contributed by atoms with Gasteiger partial charge in [0.15, 0.2) is 5.16 Å². The van der Waals surface area contributed by atoms with Crippen LogP contribution >= 0.6 is 11.8 Å². The van der Waals surface area contributed by atoms with E-state index in [4.69, 9.17) is 9.47 Å². The number of nitrogens with one attached hydrogen (secondary N) is 1. The van der Waals surface area contributed by atoms with Crippen molar-refractivity contribution in [2.75, 3.05) is 32.1 Å². The Morgan fingerprint density at radius 3 is 3.04 bits per heavy atom. The molecule has 136 valence electrons. The third-order valence-electron chi connectivity index (χ3n) is 4.16. The molecular weight excluding hydrogens is 326 g/mol. The molecule has 0 radical (unpaired) electrons. The lowest BCUT2D eigenvalue weighted by Gasteiger charge is -2.14. The SMILES string of the molecule is CCOCCCNC(=O)CSc1nc(C)c(C)n1CC1CCCO1. The zero-order chi connectivity index (χ0) is 17.4. The summed E-state index contributed by atoms with van der Waals surface area (Å²) in [7, 11) is 0. The normalized spacial score (nSPS) is 17.4. The van der Waals surface area contributed by atoms with Crippen molar-refractivity contribution < 1.29 is 14.3 Å². The van der Waals surface area contributed by atoms with Gasteiger partial charge < -0.3 is 19.4 Å². The summed E-state index contributed by atoms with van der Waals surface area (Å²) in [6.45, 7) is 9.80. The average Bonchev–Trinajstić information content (AvgIpc) is 3.17. The van der Waals surface area contributed by atoms with Crippen LogP contribution in [-0.2, 0) is 20.8 Å². The number of nitrogens with zero attached hydrogens (tertiary/aromatic N) is 2. The van der Waals surface area contributed by atoms with E-state index in [1.165, 1.54) is 11.8 Å². The van der Waals surface area contributed by atoms with E-state index >= 15 is 0 Å². The molecular formula is C17H29N3O3S. The maximum atomic E-state index is 12.0. The zero-order valence-corrected chi connectivity index (χ0v) is 15.8. The summed E-state index contributed by atoms with van der Waals surface area (Å²) < 4.78 is 13.2. The highest BCUT2D eigenvalue weighted by Crippen LogP contribution is 2.24. The van der Waals surface area contributed by atoms with Gasteiger partial charge in [-0.15, -0.1) is 0 Å². The van der Waals surface area contributed by atoms with Gasteiger partial charge in [-0.3, -0.25) is 4.79 Å². The second-order valence-electron chi connectivity index (χ2n) is 6.00. The van der Waals surface area contributed by atoms with E-state index in [0.29, 0.717) is 18.9 Å². The molecule has 6 nitrogen and oxygen atoms in total. The number of carbonyl (C=O) groups is 1. The summed E-state index contributed by atoms with van der Waals surface area (Å²) in [6.07, 6.45) is 3.34. The summed E-state index contributed by atoms with van der Waals surface area (Å²) in [5.41, 5.74) is 2.18. The predicted octanol–water partition coefficient (Wildman–Crippen LogP) is 2.31. The molecule has 1 amide bonds. The van der Waals surface area contributed by atoms with E-state index in [1.54, 1.807) is 0 Å². The van der Waals surface area contributed by atoms with Gasteiger partial charge in [-0.2, -0.15) is 0 Å². The first kappa shape index (κ1) is 19.3. The van der Waals surface area contributed by atoms with Crippen molar-refractivity contribution in [1.82, 2.24) is 14.9 Å². The van der Waals surface area contributed by atoms with Gasteiger partial charge in [-0.25, -0.2) is 4.98 Å². The summed E-state index contributed by atoms with van der Waals surface area (Å²) in [4.78, 5) is 16.6. The Hall–Kier alpha value is -1.05. The number of rotatable bonds is 10. The lowest BCUT2D eigenvalue weighted by molar-refractivity contribution is -0.118. The van der Waals surface area contributed by atoms with Crippen molar-refractivity contribution >= 4 is 17.7 Å². The minimum Gasteiger partial charge on any atom is -0.382 e. The molecule has 0 aromatic carbocycles. The number of ether oxygens (including phenoxy) is 2. The van der Waals surface area contributed by atoms with Crippen LogP contribution in [0.5, 0.6) is 0 Å². The molecule has 1 fully saturated rings. The minimum absolute atomic E-state index is 0.0403. The Morgan fingerprint density at radius 1 is 1.50 bits per heavy atom. The fraction of sp³-hybridized carbons (Fsp3) is 0.765. The Bertz CT molecular complexity index is 527. The number of aryl methyl sites for hydroxylation is 1. The summed E-state index contributed by atoms with van der Waals surface area (Å²) in [5.74, 6) is 0.425. The van der Waals surface area contributed by atoms with Crippen LogP contribution in [0.3, 0.4) is 0 Å². The first-order valence-corrected chi connectivity index (χ1v) is 9.73. The highest BCUT2D eigenvalue weighted by atomic mass is 32.2. The van der Waals surface area contributed by atoms with Gasteiger partial charge in [-0.1, -0.05) is 11.8 Å². The molecule has 0 saturated carbocycles. The first-order chi connectivity index (χ1) is 11.6. The number of aromatic nitrogens is 2. The molecule has 1 N–H and O–H groups in total. The van der Waals surface area contributed by atoms with Crippen LogP contribution in [0.2, 0.25) is 0 Å². The van der Waals surface area contributed by atoms with Crippen molar-refractivity contribution in [2.45, 2.75) is 57.8 Å². The molecule has 1 saturated heterocycles. The van der Waals surface area contributed by atoms with Crippen molar-refractivity contribution in [3.8, 4) is 0 Å². The highest BCUT2D eigenvalue weighted by molar-refractivity contribution is 7.99. The highest BCUT2D eigenvalue weighted by Gasteiger charge is 2.20. The molecule has 0 spiro atoms. The molecule has 1 aliphatic rings. The lowest BCUT2D eigenvalue weighted by atomic mass is 10.2. The quantitative estimate of drug-likeness (QED) is 0.515. The van der Waals surface area contributed by atoms with Crippen molar-refractivity contribution in [3.05, 3.63) is 11.4 Å². The van der Waals surface area contributed by atoms with Crippen molar-refractivity contribution in [2.24, 2.45) is 0 Å². The van der Waals surface area contributed by atoms with Crippen LogP contribution < -0.4 is 5.32 Å². The van der Waals surface area contributed by atoms with Gasteiger partial charge in [0.2, 0.25) is 5.91 Å². The number of imidazole rings is 1. The van der Waals surface area contributed by atoms with Crippen LogP contribution in [0, 0.1) is 13.8 Å². The van der Waals surface area contributed by atoms with Gasteiger partial charge in [0.25, 0.3) is 0 Å². The third-order valence-corrected chi connectivity index (χ3v) is 5.13. The Labute approximate surface area is 148 Å². The van der Waals surface area contributed by atoms with Crippen LogP contribution in [-0.4, -0.2) is 53.7 Å². The molecule has 7 heteroatoms. The topological polar surface area (TPSA) is 65.4 Å². The Balaban J connectivity index is 1.80. The number of hydrogen-bond donors (Lipinski definition) is 1. The van der Waals surface area contributed by atoms with Crippen molar-refractivity contribution in [1.29, 1.82) is 0 Å². The summed E-state index contributed by atoms with van der Waals surface area (Å²) in [6, 6.07) is 0. The number of carbonyl (C=O) groups excluding carboxylic acids is 1. The third kappa shape index (κ3) is 5.79. The van der Waals surface area contributed by atoms with E-state index in [1.807, 2.05) is 13.8 Å². The van der Waals surface area contributed by atoms with E-state index in [0.717, 1.165) is 55.6 Å². The molecule has 1 atom stereocenters. The Kier molecular flexibility index (Phi) is 8.08. The lowest BCUT2D eigenvalue weighted by Crippen LogP contribution is -2.27. The van der Waals surface area contributed by atoms with Gasteiger partial charge in [0.1, 0.15) is 0 Å². The summed E-state index contributed by atoms with van der Waals surface area (Å²) in [5, 5.41) is 3.83. The second-order valence-corrected chi connectivity index (χ2v) is 6.94. The van der Waals surface area contributed by atoms with Gasteiger partial charge >= 0.3 is 0 Å². The zero-order valence-electron chi connectivity index (χ0n) is 15.0. The Morgan fingerprint density at radius 2 is 2.33 bits per heavy atom. The largest absolute Gasteiger partial charge is 0.382 e. The first-order valence-electron chi connectivity index (χ1n) is 8.74. The minimum atomic E-state index is 0.0403. The van der Waals surface area contributed by atoms with Crippen LogP contribution in [0.25, 0.3) is 0 Å². The van der Waals surface area contributed by atoms with Gasteiger partial charge in [0.05, 0.1) is 24.1 Å². The number of thioether (sulfide) groups is 1. The maximum absolute atomic E-state index is 12.0. The van der Waals surface area contributed by atoms with Crippen LogP contribution in [0.1, 0.15) is 37.6 Å². The van der Waals surface area contributed by atoms with Crippen LogP contribution in [0.15, 0.2) is 5.16 Å². The fourth-order valence-corrected chi connectivity index (χ4v) is 3.60. The molecule has 2 heterocycles. The van der Waals surface area contributed by atoms with Gasteiger partial charge in [-0.05, 0) is 40.0 Å². The molecule has 2 rings (SSSR count). The second kappa shape index (κ2) is 10.1. The maximum Gasteiger partial charge on any atom is 0.230 e. The monoisotopic (exact) mass is 355 g/mol. The molecule has 0 bridgehead atoms. The molecule has 1 aromatic heterocycles. The van der Waals surface area contributed by atoms with Gasteiger partial charge in [0, 0.05) is 32.1 Å². The molecule has 0 aliphatic carbocycles. The molecule has 1 aromatic rings. The molecule has 1 unspecified atom stereocenters.